The molecule has 1 aliphatic carbocycles. The van der Waals surface area contributed by atoms with Crippen molar-refractivity contribution < 1.29 is 0 Å². The Labute approximate surface area is 133 Å². The average molecular weight is 350 g/mol. The van der Waals surface area contributed by atoms with Gasteiger partial charge in [0.25, 0.3) is 0 Å². The van der Waals surface area contributed by atoms with Crippen LogP contribution in [0.15, 0.2) is 35.7 Å². The van der Waals surface area contributed by atoms with Crippen molar-refractivity contribution in [1.82, 2.24) is 4.98 Å². The monoisotopic (exact) mass is 349 g/mol. The zero-order chi connectivity index (χ0) is 13.8. The third kappa shape index (κ3) is 3.70. The van der Waals surface area contributed by atoms with Gasteiger partial charge in [0.2, 0.25) is 0 Å². The molecular weight excluding hydrogens is 330 g/mol. The summed E-state index contributed by atoms with van der Waals surface area (Å²) in [6, 6.07) is 10.5. The number of rotatable bonds is 3. The van der Waals surface area contributed by atoms with Gasteiger partial charge in [-0.05, 0) is 18.8 Å². The van der Waals surface area contributed by atoms with E-state index in [1.807, 2.05) is 11.3 Å². The summed E-state index contributed by atoms with van der Waals surface area (Å²) in [6.07, 6.45) is 7.91. The number of benzene rings is 1. The standard InChI is InChI=1S/C17H20BrNS/c18-15-9-5-4-6-13(10-15)11-17-19-16(12-20-17)14-7-2-1-3-8-14/h1-3,7-8,12-13,15H,4-6,9-11H2. The first kappa shape index (κ1) is 14.3. The molecule has 1 aromatic heterocycles. The number of nitrogens with zero attached hydrogens (tertiary/aromatic N) is 1. The normalized spacial score (nSPS) is 23.4. The summed E-state index contributed by atoms with van der Waals surface area (Å²) in [7, 11) is 0. The first-order chi connectivity index (χ1) is 9.81. The van der Waals surface area contributed by atoms with Crippen molar-refractivity contribution >= 4 is 27.3 Å². The molecule has 1 heterocycles. The van der Waals surface area contributed by atoms with Crippen LogP contribution in [0.2, 0.25) is 0 Å². The van der Waals surface area contributed by atoms with Crippen LogP contribution >= 0.6 is 27.3 Å². The molecule has 0 N–H and O–H groups in total. The van der Waals surface area contributed by atoms with Gasteiger partial charge in [0.15, 0.2) is 0 Å². The van der Waals surface area contributed by atoms with E-state index < -0.39 is 0 Å². The van der Waals surface area contributed by atoms with Gasteiger partial charge in [0.05, 0.1) is 10.7 Å². The second-order valence-corrected chi connectivity index (χ2v) is 7.92. The van der Waals surface area contributed by atoms with Crippen molar-refractivity contribution in [2.75, 3.05) is 0 Å². The topological polar surface area (TPSA) is 12.9 Å². The van der Waals surface area contributed by atoms with E-state index in [-0.39, 0.29) is 0 Å². The average Bonchev–Trinajstić information content (AvgIpc) is 2.83. The molecule has 20 heavy (non-hydrogen) atoms. The Kier molecular flexibility index (Phi) is 4.90. The molecule has 3 rings (SSSR count). The first-order valence-corrected chi connectivity index (χ1v) is 9.24. The summed E-state index contributed by atoms with van der Waals surface area (Å²) in [4.78, 5) is 5.55. The van der Waals surface area contributed by atoms with Crippen molar-refractivity contribution in [2.24, 2.45) is 5.92 Å². The number of thiazole rings is 1. The van der Waals surface area contributed by atoms with Gasteiger partial charge in [0, 0.05) is 22.2 Å². The molecule has 0 spiro atoms. The molecule has 2 aromatic rings. The molecule has 1 aromatic carbocycles. The molecule has 1 saturated carbocycles. The fraction of sp³-hybridized carbons (Fsp3) is 0.471. The summed E-state index contributed by atoms with van der Waals surface area (Å²) in [5, 5.41) is 3.50. The Hall–Kier alpha value is -0.670. The van der Waals surface area contributed by atoms with Crippen LogP contribution < -0.4 is 0 Å². The lowest BCUT2D eigenvalue weighted by atomic mass is 9.97. The molecule has 2 atom stereocenters. The van der Waals surface area contributed by atoms with E-state index in [2.05, 4.69) is 51.6 Å². The van der Waals surface area contributed by atoms with Crippen LogP contribution in [0.3, 0.4) is 0 Å². The Morgan fingerprint density at radius 3 is 2.80 bits per heavy atom. The van der Waals surface area contributed by atoms with E-state index in [4.69, 9.17) is 4.98 Å². The fourth-order valence-electron chi connectivity index (χ4n) is 2.97. The van der Waals surface area contributed by atoms with Crippen molar-refractivity contribution in [3.63, 3.8) is 0 Å². The zero-order valence-corrected chi connectivity index (χ0v) is 14.0. The van der Waals surface area contributed by atoms with E-state index in [1.54, 1.807) is 0 Å². The van der Waals surface area contributed by atoms with Gasteiger partial charge in [-0.3, -0.25) is 0 Å². The molecule has 0 aliphatic heterocycles. The Balaban J connectivity index is 1.68. The molecule has 0 amide bonds. The van der Waals surface area contributed by atoms with Crippen LogP contribution in [0.25, 0.3) is 11.3 Å². The maximum atomic E-state index is 4.83. The number of halogens is 1. The second-order valence-electron chi connectivity index (χ2n) is 5.68. The smallest absolute Gasteiger partial charge is 0.0935 e. The lowest BCUT2D eigenvalue weighted by Gasteiger charge is -2.14. The minimum Gasteiger partial charge on any atom is -0.241 e. The molecule has 2 unspecified atom stereocenters. The summed E-state index contributed by atoms with van der Waals surface area (Å²) in [5.74, 6) is 0.802. The molecule has 0 bridgehead atoms. The van der Waals surface area contributed by atoms with Gasteiger partial charge < -0.3 is 0 Å². The van der Waals surface area contributed by atoms with Crippen molar-refractivity contribution in [2.45, 2.75) is 43.4 Å². The van der Waals surface area contributed by atoms with Gasteiger partial charge in [-0.1, -0.05) is 65.5 Å². The quantitative estimate of drug-likeness (QED) is 0.511. The molecular formula is C17H20BrNS. The van der Waals surface area contributed by atoms with Crippen molar-refractivity contribution in [3.8, 4) is 11.3 Å². The van der Waals surface area contributed by atoms with Crippen LogP contribution in [0, 0.1) is 5.92 Å². The Bertz CT molecular complexity index is 537. The molecule has 1 aliphatic rings. The number of hydrogen-bond acceptors (Lipinski definition) is 2. The van der Waals surface area contributed by atoms with Crippen LogP contribution in [-0.4, -0.2) is 9.81 Å². The first-order valence-electron chi connectivity index (χ1n) is 7.45. The van der Waals surface area contributed by atoms with Gasteiger partial charge >= 0.3 is 0 Å². The summed E-state index contributed by atoms with van der Waals surface area (Å²) in [5.41, 5.74) is 2.36. The van der Waals surface area contributed by atoms with Crippen molar-refractivity contribution in [1.29, 1.82) is 0 Å². The van der Waals surface area contributed by atoms with Crippen LogP contribution in [-0.2, 0) is 6.42 Å². The van der Waals surface area contributed by atoms with Gasteiger partial charge in [-0.2, -0.15) is 0 Å². The lowest BCUT2D eigenvalue weighted by molar-refractivity contribution is 0.463. The molecule has 1 fully saturated rings. The highest BCUT2D eigenvalue weighted by Gasteiger charge is 2.19. The lowest BCUT2D eigenvalue weighted by Crippen LogP contribution is -2.08. The summed E-state index contributed by atoms with van der Waals surface area (Å²) >= 11 is 5.64. The maximum absolute atomic E-state index is 4.83. The van der Waals surface area contributed by atoms with Crippen LogP contribution in [0.5, 0.6) is 0 Å². The predicted molar refractivity (Wildman–Crippen MR) is 90.5 cm³/mol. The van der Waals surface area contributed by atoms with Gasteiger partial charge in [0.1, 0.15) is 0 Å². The highest BCUT2D eigenvalue weighted by molar-refractivity contribution is 9.09. The zero-order valence-electron chi connectivity index (χ0n) is 11.6. The van der Waals surface area contributed by atoms with Gasteiger partial charge in [-0.25, -0.2) is 4.98 Å². The van der Waals surface area contributed by atoms with Crippen LogP contribution in [0.4, 0.5) is 0 Å². The molecule has 0 radical (unpaired) electrons. The third-order valence-corrected chi connectivity index (χ3v) is 5.76. The summed E-state index contributed by atoms with van der Waals surface area (Å²) in [6.45, 7) is 0. The van der Waals surface area contributed by atoms with E-state index in [0.717, 1.165) is 18.0 Å². The minimum absolute atomic E-state index is 0.712. The molecule has 3 heteroatoms. The predicted octanol–water partition coefficient (Wildman–Crippen LogP) is 5.70. The minimum atomic E-state index is 0.712. The highest BCUT2D eigenvalue weighted by atomic mass is 79.9. The maximum Gasteiger partial charge on any atom is 0.0935 e. The fourth-order valence-corrected chi connectivity index (χ4v) is 4.75. The SMILES string of the molecule is BrC1CCCCC(Cc2nc(-c3ccccc3)cs2)C1. The third-order valence-electron chi connectivity index (χ3n) is 4.05. The Morgan fingerprint density at radius 2 is 1.95 bits per heavy atom. The van der Waals surface area contributed by atoms with E-state index in [1.165, 1.54) is 42.7 Å². The number of alkyl halides is 1. The van der Waals surface area contributed by atoms with Gasteiger partial charge in [-0.15, -0.1) is 11.3 Å². The Morgan fingerprint density at radius 1 is 1.15 bits per heavy atom. The molecule has 0 saturated heterocycles. The number of hydrogen-bond donors (Lipinski definition) is 0. The van der Waals surface area contributed by atoms with Crippen molar-refractivity contribution in [3.05, 3.63) is 40.7 Å². The number of aromatic nitrogens is 1. The second kappa shape index (κ2) is 6.86. The largest absolute Gasteiger partial charge is 0.241 e. The van der Waals surface area contributed by atoms with E-state index in [9.17, 15) is 0 Å². The van der Waals surface area contributed by atoms with E-state index >= 15 is 0 Å². The molecule has 1 nitrogen and oxygen atoms in total. The van der Waals surface area contributed by atoms with E-state index in [0.29, 0.717) is 4.83 Å². The highest BCUT2D eigenvalue weighted by Crippen LogP contribution is 2.31. The molecule has 106 valence electrons. The van der Waals surface area contributed by atoms with Crippen LogP contribution in [0.1, 0.15) is 37.1 Å². The summed E-state index contributed by atoms with van der Waals surface area (Å²) < 4.78 is 0.